The van der Waals surface area contributed by atoms with Crippen molar-refractivity contribution < 1.29 is 14.3 Å². The fraction of sp³-hybridized carbons (Fsp3) is 0.529. The van der Waals surface area contributed by atoms with Crippen LogP contribution in [-0.2, 0) is 19.7 Å². The van der Waals surface area contributed by atoms with Gasteiger partial charge in [-0.3, -0.25) is 9.59 Å². The van der Waals surface area contributed by atoms with Crippen LogP contribution < -0.4 is 10.6 Å². The molecule has 0 unspecified atom stereocenters. The van der Waals surface area contributed by atoms with Crippen LogP contribution in [0.25, 0.3) is 0 Å². The number of benzene rings is 1. The minimum Gasteiger partial charge on any atom is -0.382 e. The molecular formula is C17H26N2O3. The van der Waals surface area contributed by atoms with E-state index in [1.807, 2.05) is 19.1 Å². The van der Waals surface area contributed by atoms with Crippen molar-refractivity contribution in [1.29, 1.82) is 0 Å². The number of nitrogens with one attached hydrogen (secondary N) is 2. The van der Waals surface area contributed by atoms with Gasteiger partial charge in [-0.1, -0.05) is 32.9 Å². The molecule has 1 rings (SSSR count). The predicted octanol–water partition coefficient (Wildman–Crippen LogP) is 2.47. The Labute approximate surface area is 132 Å². The Morgan fingerprint density at radius 3 is 2.27 bits per heavy atom. The number of amides is 2. The second-order valence-electron chi connectivity index (χ2n) is 6.09. The van der Waals surface area contributed by atoms with Gasteiger partial charge in [0, 0.05) is 25.4 Å². The smallest absolute Gasteiger partial charge is 0.313 e. The molecule has 1 aromatic rings. The molecule has 0 aliphatic heterocycles. The molecule has 0 bridgehead atoms. The SMILES string of the molecule is CCOCCCNC(=O)C(=O)Nc1ccc(C(C)(C)C)cc1. The van der Waals surface area contributed by atoms with Crippen molar-refractivity contribution in [2.24, 2.45) is 0 Å². The van der Waals surface area contributed by atoms with Crippen LogP contribution >= 0.6 is 0 Å². The van der Waals surface area contributed by atoms with E-state index in [1.54, 1.807) is 12.1 Å². The van der Waals surface area contributed by atoms with Crippen molar-refractivity contribution in [3.8, 4) is 0 Å². The van der Waals surface area contributed by atoms with Gasteiger partial charge in [-0.05, 0) is 36.5 Å². The summed E-state index contributed by atoms with van der Waals surface area (Å²) in [5, 5.41) is 5.16. The maximum Gasteiger partial charge on any atom is 0.313 e. The summed E-state index contributed by atoms with van der Waals surface area (Å²) in [6, 6.07) is 7.52. The predicted molar refractivity (Wildman–Crippen MR) is 87.9 cm³/mol. The van der Waals surface area contributed by atoms with Crippen LogP contribution in [0, 0.1) is 0 Å². The molecule has 5 heteroatoms. The summed E-state index contributed by atoms with van der Waals surface area (Å²) in [5.41, 5.74) is 1.84. The van der Waals surface area contributed by atoms with Crippen molar-refractivity contribution >= 4 is 17.5 Å². The van der Waals surface area contributed by atoms with Crippen LogP contribution in [0.4, 0.5) is 5.69 Å². The number of anilines is 1. The molecule has 0 aliphatic carbocycles. The van der Waals surface area contributed by atoms with Gasteiger partial charge in [0.15, 0.2) is 0 Å². The first-order valence-electron chi connectivity index (χ1n) is 7.62. The van der Waals surface area contributed by atoms with Crippen molar-refractivity contribution in [1.82, 2.24) is 5.32 Å². The molecule has 0 aliphatic rings. The molecule has 0 heterocycles. The van der Waals surface area contributed by atoms with Crippen molar-refractivity contribution in [3.05, 3.63) is 29.8 Å². The summed E-state index contributed by atoms with van der Waals surface area (Å²) in [5.74, 6) is -1.28. The highest BCUT2D eigenvalue weighted by molar-refractivity contribution is 6.39. The second-order valence-corrected chi connectivity index (χ2v) is 6.09. The highest BCUT2D eigenvalue weighted by Crippen LogP contribution is 2.23. The minimum atomic E-state index is -0.653. The highest BCUT2D eigenvalue weighted by atomic mass is 16.5. The van der Waals surface area contributed by atoms with Crippen molar-refractivity contribution in [2.75, 3.05) is 25.1 Å². The summed E-state index contributed by atoms with van der Waals surface area (Å²) < 4.78 is 5.16. The van der Waals surface area contributed by atoms with Gasteiger partial charge in [0.1, 0.15) is 0 Å². The Kier molecular flexibility index (Phi) is 7.05. The molecule has 0 saturated heterocycles. The number of hydrogen-bond donors (Lipinski definition) is 2. The van der Waals surface area contributed by atoms with Crippen LogP contribution in [0.15, 0.2) is 24.3 Å². The van der Waals surface area contributed by atoms with Crippen LogP contribution in [0.2, 0.25) is 0 Å². The molecule has 22 heavy (non-hydrogen) atoms. The largest absolute Gasteiger partial charge is 0.382 e. The van der Waals surface area contributed by atoms with Gasteiger partial charge in [-0.15, -0.1) is 0 Å². The Bertz CT molecular complexity index is 490. The zero-order chi connectivity index (χ0) is 16.6. The molecular weight excluding hydrogens is 280 g/mol. The monoisotopic (exact) mass is 306 g/mol. The number of carbonyl (C=O) groups is 2. The lowest BCUT2D eigenvalue weighted by Gasteiger charge is -2.19. The average molecular weight is 306 g/mol. The fourth-order valence-corrected chi connectivity index (χ4v) is 1.84. The molecule has 0 spiro atoms. The van der Waals surface area contributed by atoms with Crippen LogP contribution in [0.3, 0.4) is 0 Å². The first kappa shape index (κ1) is 18.2. The Morgan fingerprint density at radius 1 is 1.09 bits per heavy atom. The van der Waals surface area contributed by atoms with Gasteiger partial charge < -0.3 is 15.4 Å². The third-order valence-electron chi connectivity index (χ3n) is 3.17. The van der Waals surface area contributed by atoms with E-state index < -0.39 is 11.8 Å². The fourth-order valence-electron chi connectivity index (χ4n) is 1.84. The van der Waals surface area contributed by atoms with E-state index in [0.717, 1.165) is 0 Å². The molecule has 0 radical (unpaired) electrons. The average Bonchev–Trinajstić information content (AvgIpc) is 2.46. The Hall–Kier alpha value is -1.88. The summed E-state index contributed by atoms with van der Waals surface area (Å²) in [4.78, 5) is 23.4. The maximum absolute atomic E-state index is 11.8. The third kappa shape index (κ3) is 6.26. The summed E-state index contributed by atoms with van der Waals surface area (Å²) in [6.45, 7) is 9.93. The quantitative estimate of drug-likeness (QED) is 0.626. The van der Waals surface area contributed by atoms with Crippen LogP contribution in [0.5, 0.6) is 0 Å². The number of hydrogen-bond acceptors (Lipinski definition) is 3. The zero-order valence-electron chi connectivity index (χ0n) is 13.9. The maximum atomic E-state index is 11.8. The standard InChI is InChI=1S/C17H26N2O3/c1-5-22-12-6-11-18-15(20)16(21)19-14-9-7-13(8-10-14)17(2,3)4/h7-10H,5-6,11-12H2,1-4H3,(H,18,20)(H,19,21). The topological polar surface area (TPSA) is 67.4 Å². The lowest BCUT2D eigenvalue weighted by molar-refractivity contribution is -0.136. The van der Waals surface area contributed by atoms with Gasteiger partial charge >= 0.3 is 11.8 Å². The first-order valence-corrected chi connectivity index (χ1v) is 7.62. The molecule has 5 nitrogen and oxygen atoms in total. The summed E-state index contributed by atoms with van der Waals surface area (Å²) in [7, 11) is 0. The van der Waals surface area contributed by atoms with Gasteiger partial charge in [-0.2, -0.15) is 0 Å². The normalized spacial score (nSPS) is 11.1. The zero-order valence-corrected chi connectivity index (χ0v) is 13.9. The van der Waals surface area contributed by atoms with E-state index in [2.05, 4.69) is 31.4 Å². The van der Waals surface area contributed by atoms with Gasteiger partial charge in [0.25, 0.3) is 0 Å². The lowest BCUT2D eigenvalue weighted by Crippen LogP contribution is -2.36. The van der Waals surface area contributed by atoms with Gasteiger partial charge in [0.2, 0.25) is 0 Å². The van der Waals surface area contributed by atoms with Crippen LogP contribution in [-0.4, -0.2) is 31.6 Å². The van der Waals surface area contributed by atoms with E-state index in [4.69, 9.17) is 4.74 Å². The molecule has 0 saturated carbocycles. The lowest BCUT2D eigenvalue weighted by atomic mass is 9.87. The van der Waals surface area contributed by atoms with Crippen LogP contribution in [0.1, 0.15) is 39.7 Å². The molecule has 0 aromatic heterocycles. The van der Waals surface area contributed by atoms with E-state index in [9.17, 15) is 9.59 Å². The summed E-state index contributed by atoms with van der Waals surface area (Å²) >= 11 is 0. The van der Waals surface area contributed by atoms with E-state index in [0.29, 0.717) is 31.9 Å². The number of carbonyl (C=O) groups excluding carboxylic acids is 2. The molecule has 0 fully saturated rings. The van der Waals surface area contributed by atoms with Crippen molar-refractivity contribution in [3.63, 3.8) is 0 Å². The van der Waals surface area contributed by atoms with Gasteiger partial charge in [0.05, 0.1) is 0 Å². The number of ether oxygens (including phenoxy) is 1. The van der Waals surface area contributed by atoms with Gasteiger partial charge in [-0.25, -0.2) is 0 Å². The minimum absolute atomic E-state index is 0.0560. The molecule has 0 atom stereocenters. The summed E-state index contributed by atoms with van der Waals surface area (Å²) in [6.07, 6.45) is 0.688. The Balaban J connectivity index is 2.42. The molecule has 122 valence electrons. The molecule has 1 aromatic carbocycles. The number of rotatable bonds is 6. The van der Waals surface area contributed by atoms with E-state index in [-0.39, 0.29) is 5.41 Å². The Morgan fingerprint density at radius 2 is 1.73 bits per heavy atom. The van der Waals surface area contributed by atoms with E-state index in [1.165, 1.54) is 5.56 Å². The molecule has 2 amide bonds. The molecule has 2 N–H and O–H groups in total. The highest BCUT2D eigenvalue weighted by Gasteiger charge is 2.15. The second kappa shape index (κ2) is 8.54. The van der Waals surface area contributed by atoms with Crippen molar-refractivity contribution in [2.45, 2.75) is 39.5 Å². The van der Waals surface area contributed by atoms with E-state index >= 15 is 0 Å². The third-order valence-corrected chi connectivity index (χ3v) is 3.17. The first-order chi connectivity index (χ1) is 10.3.